The number of thioether (sulfide) groups is 1. The number of carbonyl (C=O) groups is 2. The summed E-state index contributed by atoms with van der Waals surface area (Å²) in [6, 6.07) is 5.83. The molecule has 0 saturated carbocycles. The Morgan fingerprint density at radius 2 is 2.00 bits per heavy atom. The van der Waals surface area contributed by atoms with Gasteiger partial charge in [0, 0.05) is 19.0 Å². The number of hydrogen-bond donors (Lipinski definition) is 1. The largest absolute Gasteiger partial charge is 0.481 e. The van der Waals surface area contributed by atoms with Crippen LogP contribution in [0.15, 0.2) is 24.3 Å². The molecule has 1 amide bonds. The highest BCUT2D eigenvalue weighted by Gasteiger charge is 2.40. The zero-order valence-corrected chi connectivity index (χ0v) is 11.9. The van der Waals surface area contributed by atoms with Crippen molar-refractivity contribution in [2.75, 3.05) is 25.1 Å². The van der Waals surface area contributed by atoms with Crippen LogP contribution in [0.25, 0.3) is 0 Å². The van der Waals surface area contributed by atoms with Crippen molar-refractivity contribution < 1.29 is 19.1 Å². The van der Waals surface area contributed by atoms with Crippen molar-refractivity contribution in [2.24, 2.45) is 5.92 Å². The maximum Gasteiger partial charge on any atom is 0.308 e. The molecule has 1 aromatic rings. The van der Waals surface area contributed by atoms with Gasteiger partial charge in [-0.05, 0) is 24.0 Å². The Morgan fingerprint density at radius 1 is 1.35 bits per heavy atom. The zero-order valence-electron chi connectivity index (χ0n) is 11.1. The monoisotopic (exact) mass is 297 g/mol. The van der Waals surface area contributed by atoms with E-state index in [0.717, 1.165) is 5.56 Å². The van der Waals surface area contributed by atoms with Gasteiger partial charge < -0.3 is 10.0 Å². The molecule has 1 saturated heterocycles. The predicted octanol–water partition coefficient (Wildman–Crippen LogP) is 1.82. The average Bonchev–Trinajstić information content (AvgIpc) is 2.85. The van der Waals surface area contributed by atoms with Crippen LogP contribution in [0, 0.1) is 11.7 Å². The number of benzene rings is 1. The van der Waals surface area contributed by atoms with Crippen LogP contribution in [0.4, 0.5) is 4.39 Å². The van der Waals surface area contributed by atoms with Crippen molar-refractivity contribution in [1.29, 1.82) is 0 Å². The van der Waals surface area contributed by atoms with Gasteiger partial charge in [0.25, 0.3) is 0 Å². The van der Waals surface area contributed by atoms with Crippen LogP contribution >= 0.6 is 11.8 Å². The Labute approximate surface area is 121 Å². The number of carboxylic acids is 1. The molecule has 0 aliphatic carbocycles. The second-order valence-corrected chi connectivity index (χ2v) is 5.70. The summed E-state index contributed by atoms with van der Waals surface area (Å²) in [6.45, 7) is 0.596. The van der Waals surface area contributed by atoms with Crippen molar-refractivity contribution in [2.45, 2.75) is 5.92 Å². The van der Waals surface area contributed by atoms with Gasteiger partial charge >= 0.3 is 5.97 Å². The van der Waals surface area contributed by atoms with Crippen LogP contribution in [0.1, 0.15) is 11.5 Å². The topological polar surface area (TPSA) is 57.6 Å². The van der Waals surface area contributed by atoms with Gasteiger partial charge in [-0.1, -0.05) is 12.1 Å². The molecule has 108 valence electrons. The lowest BCUT2D eigenvalue weighted by molar-refractivity contribution is -0.141. The first-order valence-electron chi connectivity index (χ1n) is 6.28. The summed E-state index contributed by atoms with van der Waals surface area (Å²) < 4.78 is 13.0. The highest BCUT2D eigenvalue weighted by Crippen LogP contribution is 2.33. The fourth-order valence-electron chi connectivity index (χ4n) is 2.52. The quantitative estimate of drug-likeness (QED) is 0.921. The minimum absolute atomic E-state index is 0.0478. The minimum Gasteiger partial charge on any atom is -0.481 e. The molecule has 2 rings (SSSR count). The van der Waals surface area contributed by atoms with Crippen LogP contribution in [0.5, 0.6) is 0 Å². The molecule has 0 bridgehead atoms. The maximum atomic E-state index is 13.0. The van der Waals surface area contributed by atoms with Crippen molar-refractivity contribution in [1.82, 2.24) is 4.90 Å². The Bertz CT molecular complexity index is 506. The molecule has 1 heterocycles. The lowest BCUT2D eigenvalue weighted by Crippen LogP contribution is -2.31. The standard InChI is InChI=1S/C14H16FNO3S/c1-20-8-13(17)16-6-11(12(7-16)14(18)19)9-2-4-10(15)5-3-9/h2-5,11-12H,6-8H2,1H3,(H,18,19)/t11-,12+/m0/s1. The molecule has 2 atom stereocenters. The van der Waals surface area contributed by atoms with Crippen molar-refractivity contribution in [3.8, 4) is 0 Å². The van der Waals surface area contributed by atoms with E-state index in [9.17, 15) is 19.1 Å². The van der Waals surface area contributed by atoms with Crippen LogP contribution in [-0.2, 0) is 9.59 Å². The number of halogens is 1. The second kappa shape index (κ2) is 6.26. The van der Waals surface area contributed by atoms with E-state index in [-0.39, 0.29) is 24.2 Å². The van der Waals surface area contributed by atoms with E-state index in [1.165, 1.54) is 23.9 Å². The molecule has 1 aliphatic rings. The fraction of sp³-hybridized carbons (Fsp3) is 0.429. The van der Waals surface area contributed by atoms with Gasteiger partial charge in [0.15, 0.2) is 0 Å². The van der Waals surface area contributed by atoms with E-state index in [1.807, 2.05) is 6.26 Å². The first-order valence-corrected chi connectivity index (χ1v) is 7.67. The molecular weight excluding hydrogens is 281 g/mol. The lowest BCUT2D eigenvalue weighted by atomic mass is 9.89. The Balaban J connectivity index is 2.19. The summed E-state index contributed by atoms with van der Waals surface area (Å²) in [5.41, 5.74) is 0.762. The van der Waals surface area contributed by atoms with Gasteiger partial charge in [-0.15, -0.1) is 0 Å². The van der Waals surface area contributed by atoms with E-state index in [0.29, 0.717) is 12.3 Å². The number of nitrogens with zero attached hydrogens (tertiary/aromatic N) is 1. The summed E-state index contributed by atoms with van der Waals surface area (Å²) in [6.07, 6.45) is 1.83. The highest BCUT2D eigenvalue weighted by molar-refractivity contribution is 7.99. The summed E-state index contributed by atoms with van der Waals surface area (Å²) >= 11 is 1.42. The average molecular weight is 297 g/mol. The SMILES string of the molecule is CSCC(=O)N1C[C@@H](C(=O)O)[C@H](c2ccc(F)cc2)C1. The van der Waals surface area contributed by atoms with Gasteiger partial charge in [-0.2, -0.15) is 11.8 Å². The first-order chi connectivity index (χ1) is 9.52. The van der Waals surface area contributed by atoms with Gasteiger partial charge in [0.05, 0.1) is 11.7 Å². The molecule has 1 aromatic carbocycles. The zero-order chi connectivity index (χ0) is 14.7. The Morgan fingerprint density at radius 3 is 2.55 bits per heavy atom. The number of carbonyl (C=O) groups excluding carboxylic acids is 1. The summed E-state index contributed by atoms with van der Waals surface area (Å²) in [5, 5.41) is 9.31. The van der Waals surface area contributed by atoms with Crippen LogP contribution in [0.2, 0.25) is 0 Å². The number of carboxylic acid groups (broad SMARTS) is 1. The number of likely N-dealkylation sites (tertiary alicyclic amines) is 1. The molecule has 0 aromatic heterocycles. The Kier molecular flexibility index (Phi) is 4.65. The lowest BCUT2D eigenvalue weighted by Gasteiger charge is -2.16. The first kappa shape index (κ1) is 14.8. The minimum atomic E-state index is -0.918. The van der Waals surface area contributed by atoms with Gasteiger partial charge in [0.1, 0.15) is 5.82 Å². The van der Waals surface area contributed by atoms with Crippen molar-refractivity contribution in [3.63, 3.8) is 0 Å². The highest BCUT2D eigenvalue weighted by atomic mass is 32.2. The maximum absolute atomic E-state index is 13.0. The third kappa shape index (κ3) is 3.12. The van der Waals surface area contributed by atoms with Gasteiger partial charge in [-0.25, -0.2) is 4.39 Å². The predicted molar refractivity (Wildman–Crippen MR) is 75.2 cm³/mol. The molecule has 20 heavy (non-hydrogen) atoms. The van der Waals surface area contributed by atoms with Gasteiger partial charge in [-0.3, -0.25) is 9.59 Å². The summed E-state index contributed by atoms with van der Waals surface area (Å²) in [7, 11) is 0. The van der Waals surface area contributed by atoms with E-state index in [1.54, 1.807) is 17.0 Å². The second-order valence-electron chi connectivity index (χ2n) is 4.83. The van der Waals surface area contributed by atoms with Gasteiger partial charge in [0.2, 0.25) is 5.91 Å². The van der Waals surface area contributed by atoms with Crippen LogP contribution < -0.4 is 0 Å². The molecule has 0 radical (unpaired) electrons. The third-order valence-corrected chi connectivity index (χ3v) is 4.09. The molecular formula is C14H16FNO3S. The molecule has 6 heteroatoms. The molecule has 4 nitrogen and oxygen atoms in total. The smallest absolute Gasteiger partial charge is 0.308 e. The molecule has 1 fully saturated rings. The van der Waals surface area contributed by atoms with E-state index >= 15 is 0 Å². The third-order valence-electron chi connectivity index (χ3n) is 3.56. The number of hydrogen-bond acceptors (Lipinski definition) is 3. The van der Waals surface area contributed by atoms with E-state index < -0.39 is 11.9 Å². The van der Waals surface area contributed by atoms with Crippen molar-refractivity contribution >= 4 is 23.6 Å². The molecule has 0 unspecified atom stereocenters. The molecule has 1 aliphatic heterocycles. The van der Waals surface area contributed by atoms with E-state index in [2.05, 4.69) is 0 Å². The van der Waals surface area contributed by atoms with Crippen molar-refractivity contribution in [3.05, 3.63) is 35.6 Å². The van der Waals surface area contributed by atoms with Crippen LogP contribution in [0.3, 0.4) is 0 Å². The summed E-state index contributed by atoms with van der Waals surface area (Å²) in [5.74, 6) is -1.88. The van der Waals surface area contributed by atoms with E-state index in [4.69, 9.17) is 0 Å². The normalized spacial score (nSPS) is 22.0. The molecule has 1 N–H and O–H groups in total. The fourth-order valence-corrected chi connectivity index (χ4v) is 2.95. The van der Waals surface area contributed by atoms with Crippen LogP contribution in [-0.4, -0.2) is 47.0 Å². The number of rotatable bonds is 4. The number of amides is 1. The molecule has 0 spiro atoms. The summed E-state index contributed by atoms with van der Waals surface area (Å²) in [4.78, 5) is 24.8. The Hall–Kier alpha value is -1.56. The number of aliphatic carboxylic acids is 1.